The van der Waals surface area contributed by atoms with Gasteiger partial charge in [0.2, 0.25) is 0 Å². The largest absolute Gasteiger partial charge is 0.228 e. The fourth-order valence-electron chi connectivity index (χ4n) is 12.6. The third kappa shape index (κ3) is 5.71. The van der Waals surface area contributed by atoms with Crippen molar-refractivity contribution in [2.24, 2.45) is 0 Å². The lowest BCUT2D eigenvalue weighted by atomic mass is 9.70. The molecule has 328 valence electrons. The number of nitrogens with zero attached hydrogens (tertiary/aromatic N) is 2. The highest BCUT2D eigenvalue weighted by atomic mass is 14.9. The molecule has 13 aromatic rings. The fraction of sp³-hybridized carbons (Fsp3) is 0.0145. The Labute approximate surface area is 411 Å². The lowest BCUT2D eigenvalue weighted by Gasteiger charge is -2.30. The Morgan fingerprint density at radius 1 is 0.254 bits per heavy atom. The van der Waals surface area contributed by atoms with Gasteiger partial charge in [0, 0.05) is 16.7 Å². The van der Waals surface area contributed by atoms with Gasteiger partial charge >= 0.3 is 0 Å². The summed E-state index contributed by atoms with van der Waals surface area (Å²) in [6.45, 7) is 0. The van der Waals surface area contributed by atoms with E-state index in [4.69, 9.17) is 9.97 Å². The number of fused-ring (bicyclic) bond motifs is 15. The second-order valence-electron chi connectivity index (χ2n) is 19.1. The predicted molar refractivity (Wildman–Crippen MR) is 296 cm³/mol. The van der Waals surface area contributed by atoms with Gasteiger partial charge in [0.05, 0.1) is 16.8 Å². The summed E-state index contributed by atoms with van der Waals surface area (Å²) in [6.07, 6.45) is 0. The Bertz CT molecular complexity index is 4280. The summed E-state index contributed by atoms with van der Waals surface area (Å²) in [6, 6.07) is 93.5. The summed E-state index contributed by atoms with van der Waals surface area (Å²) in [5.41, 5.74) is 19.7. The molecule has 0 saturated carbocycles. The first-order valence-electron chi connectivity index (χ1n) is 24.6. The van der Waals surface area contributed by atoms with E-state index in [-0.39, 0.29) is 0 Å². The van der Waals surface area contributed by atoms with Gasteiger partial charge in [0.1, 0.15) is 0 Å². The SMILES string of the molecule is c1ccc(-c2nc(-c3ccc4c(c3)C3(c5ccccc5-c5ccccc53)c3ccccc3-4)cc(-c3ccc(-c4c5ccccc5c(-c5ccccc5)c5c4ccc4ccccc45)c4ccccc34)n2)cc1. The maximum Gasteiger partial charge on any atom is 0.160 e. The highest BCUT2D eigenvalue weighted by Gasteiger charge is 2.51. The minimum absolute atomic E-state index is 0.459. The summed E-state index contributed by atoms with van der Waals surface area (Å²) in [5.74, 6) is 0.696. The molecule has 0 fully saturated rings. The minimum atomic E-state index is -0.459. The van der Waals surface area contributed by atoms with Gasteiger partial charge < -0.3 is 0 Å². The highest BCUT2D eigenvalue weighted by Crippen LogP contribution is 2.63. The normalized spacial score (nSPS) is 12.9. The summed E-state index contributed by atoms with van der Waals surface area (Å²) in [4.78, 5) is 10.9. The van der Waals surface area contributed by atoms with E-state index in [0.717, 1.165) is 33.5 Å². The molecule has 1 aromatic heterocycles. The van der Waals surface area contributed by atoms with Crippen molar-refractivity contribution in [3.05, 3.63) is 277 Å². The molecule has 2 nitrogen and oxygen atoms in total. The molecule has 0 unspecified atom stereocenters. The Kier molecular flexibility index (Phi) is 8.61. The van der Waals surface area contributed by atoms with Crippen LogP contribution in [0.25, 0.3) is 122 Å². The Morgan fingerprint density at radius 2 is 0.732 bits per heavy atom. The van der Waals surface area contributed by atoms with Crippen LogP contribution >= 0.6 is 0 Å². The summed E-state index contributed by atoms with van der Waals surface area (Å²) < 4.78 is 0. The maximum absolute atomic E-state index is 5.46. The lowest BCUT2D eigenvalue weighted by Crippen LogP contribution is -2.25. The van der Waals surface area contributed by atoms with E-state index >= 15 is 0 Å². The van der Waals surface area contributed by atoms with Crippen LogP contribution in [0.2, 0.25) is 0 Å². The second kappa shape index (κ2) is 15.4. The van der Waals surface area contributed by atoms with Crippen LogP contribution in [0.5, 0.6) is 0 Å². The van der Waals surface area contributed by atoms with Crippen LogP contribution in [0.15, 0.2) is 255 Å². The Hall–Kier alpha value is -9.24. The van der Waals surface area contributed by atoms with Crippen LogP contribution in [-0.2, 0) is 5.41 Å². The molecule has 0 saturated heterocycles. The van der Waals surface area contributed by atoms with Crippen molar-refractivity contribution in [1.82, 2.24) is 9.97 Å². The molecule has 1 spiro atoms. The maximum atomic E-state index is 5.46. The van der Waals surface area contributed by atoms with Gasteiger partial charge in [0.25, 0.3) is 0 Å². The predicted octanol–water partition coefficient (Wildman–Crippen LogP) is 17.8. The van der Waals surface area contributed by atoms with Gasteiger partial charge in [-0.2, -0.15) is 0 Å². The van der Waals surface area contributed by atoms with Crippen LogP contribution in [0.3, 0.4) is 0 Å². The van der Waals surface area contributed by atoms with E-state index in [0.29, 0.717) is 5.82 Å². The van der Waals surface area contributed by atoms with E-state index in [2.05, 4.69) is 255 Å². The Morgan fingerprint density at radius 3 is 1.39 bits per heavy atom. The lowest BCUT2D eigenvalue weighted by molar-refractivity contribution is 0.794. The molecule has 2 aliphatic carbocycles. The van der Waals surface area contributed by atoms with Gasteiger partial charge in [-0.05, 0) is 122 Å². The molecule has 0 amide bonds. The zero-order chi connectivity index (χ0) is 46.6. The van der Waals surface area contributed by atoms with E-state index in [1.165, 1.54) is 104 Å². The number of rotatable bonds is 5. The van der Waals surface area contributed by atoms with Crippen molar-refractivity contribution < 1.29 is 0 Å². The number of aromatic nitrogens is 2. The quantitative estimate of drug-likeness (QED) is 0.127. The number of hydrogen-bond acceptors (Lipinski definition) is 2. The molecule has 71 heavy (non-hydrogen) atoms. The third-order valence-electron chi connectivity index (χ3n) is 15.5. The second-order valence-corrected chi connectivity index (χ2v) is 19.1. The first kappa shape index (κ1) is 39.7. The molecule has 0 atom stereocenters. The number of benzene rings is 12. The van der Waals surface area contributed by atoms with Crippen LogP contribution < -0.4 is 0 Å². The van der Waals surface area contributed by atoms with Gasteiger partial charge in [-0.3, -0.25) is 0 Å². The van der Waals surface area contributed by atoms with E-state index in [1.807, 2.05) is 0 Å². The van der Waals surface area contributed by atoms with E-state index in [1.54, 1.807) is 0 Å². The fourth-order valence-corrected chi connectivity index (χ4v) is 12.6. The average Bonchev–Trinajstić information content (AvgIpc) is 3.92. The minimum Gasteiger partial charge on any atom is -0.228 e. The first-order valence-corrected chi connectivity index (χ1v) is 24.6. The summed E-state index contributed by atoms with van der Waals surface area (Å²) in [7, 11) is 0. The van der Waals surface area contributed by atoms with Crippen molar-refractivity contribution in [2.75, 3.05) is 0 Å². The van der Waals surface area contributed by atoms with Crippen LogP contribution in [0.4, 0.5) is 0 Å². The molecule has 0 radical (unpaired) electrons. The Balaban J connectivity index is 0.966. The molecule has 0 bridgehead atoms. The molecule has 12 aromatic carbocycles. The zero-order valence-electron chi connectivity index (χ0n) is 38.6. The summed E-state index contributed by atoms with van der Waals surface area (Å²) >= 11 is 0. The van der Waals surface area contributed by atoms with Crippen molar-refractivity contribution >= 4 is 43.1 Å². The topological polar surface area (TPSA) is 25.8 Å². The molecule has 2 aliphatic rings. The van der Waals surface area contributed by atoms with Gasteiger partial charge in [-0.15, -0.1) is 0 Å². The van der Waals surface area contributed by atoms with Crippen molar-refractivity contribution in [2.45, 2.75) is 5.41 Å². The van der Waals surface area contributed by atoms with Crippen LogP contribution in [0.1, 0.15) is 22.3 Å². The van der Waals surface area contributed by atoms with Crippen molar-refractivity contribution in [1.29, 1.82) is 0 Å². The van der Waals surface area contributed by atoms with Gasteiger partial charge in [0.15, 0.2) is 5.82 Å². The van der Waals surface area contributed by atoms with Crippen LogP contribution in [-0.4, -0.2) is 9.97 Å². The van der Waals surface area contributed by atoms with Crippen molar-refractivity contribution in [3.63, 3.8) is 0 Å². The average molecular weight is 899 g/mol. The summed E-state index contributed by atoms with van der Waals surface area (Å²) in [5, 5.41) is 9.77. The van der Waals surface area contributed by atoms with E-state index in [9.17, 15) is 0 Å². The monoisotopic (exact) mass is 898 g/mol. The van der Waals surface area contributed by atoms with Crippen LogP contribution in [0, 0.1) is 0 Å². The molecule has 0 aliphatic heterocycles. The number of hydrogen-bond donors (Lipinski definition) is 0. The molecular formula is C69H42N2. The van der Waals surface area contributed by atoms with E-state index < -0.39 is 5.41 Å². The highest BCUT2D eigenvalue weighted by molar-refractivity contribution is 6.29. The molecular weight excluding hydrogens is 857 g/mol. The molecule has 2 heteroatoms. The standard InChI is InChI=1S/C69H42N2/c1-3-20-44(21-4-1)65-55-30-11-12-31-56(55)66(58-38-35-43-19-7-8-24-47(43)67(58)65)57-40-39-54(48-25-9-10-26-49(48)57)64-42-63(70-68(71-64)45-22-5-2-6-23-45)46-36-37-53-52-29-15-18-34-61(52)69(62(53)41-46)59-32-16-13-27-50(59)51-28-14-17-33-60(51)69/h1-42H. The van der Waals surface area contributed by atoms with Gasteiger partial charge in [-0.1, -0.05) is 243 Å². The third-order valence-corrected chi connectivity index (χ3v) is 15.5. The molecule has 1 heterocycles. The molecule has 0 N–H and O–H groups in total. The van der Waals surface area contributed by atoms with Crippen molar-refractivity contribution in [3.8, 4) is 78.4 Å². The molecule has 15 rings (SSSR count). The van der Waals surface area contributed by atoms with Gasteiger partial charge in [-0.25, -0.2) is 9.97 Å². The zero-order valence-corrected chi connectivity index (χ0v) is 38.6. The first-order chi connectivity index (χ1) is 35.2. The smallest absolute Gasteiger partial charge is 0.160 e.